The number of nitro benzene ring substituents is 1. The lowest BCUT2D eigenvalue weighted by Crippen LogP contribution is -2.13. The molecule has 0 saturated carbocycles. The molecule has 0 spiro atoms. The molecule has 1 atom stereocenters. The number of Topliss-reactive ketones (excluding diaryl/α,β-unsaturated/α-hetero) is 1. The summed E-state index contributed by atoms with van der Waals surface area (Å²) in [6, 6.07) is 12.3. The van der Waals surface area contributed by atoms with E-state index < -0.39 is 10.2 Å². The normalized spacial score (nSPS) is 11.9. The second-order valence-corrected chi connectivity index (χ2v) is 5.78. The van der Waals surface area contributed by atoms with Gasteiger partial charge >= 0.3 is 0 Å². The zero-order valence-corrected chi connectivity index (χ0v) is 12.0. The molecule has 0 aliphatic heterocycles. The van der Waals surface area contributed by atoms with Gasteiger partial charge in [0.05, 0.1) is 15.1 Å². The van der Waals surface area contributed by atoms with E-state index in [0.29, 0.717) is 10.5 Å². The van der Waals surface area contributed by atoms with E-state index in [0.717, 1.165) is 11.8 Å². The summed E-state index contributed by atoms with van der Waals surface area (Å²) in [5.41, 5.74) is 0.458. The van der Waals surface area contributed by atoms with Gasteiger partial charge in [-0.3, -0.25) is 14.9 Å². The van der Waals surface area contributed by atoms with Gasteiger partial charge in [-0.1, -0.05) is 12.1 Å². The molecule has 0 aliphatic rings. The van der Waals surface area contributed by atoms with Gasteiger partial charge in [-0.25, -0.2) is 0 Å². The van der Waals surface area contributed by atoms with Crippen LogP contribution >= 0.6 is 11.8 Å². The molecular formula is C15H13NO4S. The summed E-state index contributed by atoms with van der Waals surface area (Å²) >= 11 is 1.15. The van der Waals surface area contributed by atoms with E-state index >= 15 is 0 Å². The summed E-state index contributed by atoms with van der Waals surface area (Å²) in [7, 11) is 0. The highest BCUT2D eigenvalue weighted by molar-refractivity contribution is 8.00. The van der Waals surface area contributed by atoms with Crippen molar-refractivity contribution in [3.63, 3.8) is 0 Å². The molecule has 2 rings (SSSR count). The van der Waals surface area contributed by atoms with E-state index in [2.05, 4.69) is 0 Å². The highest BCUT2D eigenvalue weighted by Gasteiger charge is 2.21. The lowest BCUT2D eigenvalue weighted by molar-refractivity contribution is -0.387. The molecule has 0 bridgehead atoms. The first-order chi connectivity index (χ1) is 9.99. The van der Waals surface area contributed by atoms with Gasteiger partial charge in [0, 0.05) is 11.6 Å². The fourth-order valence-electron chi connectivity index (χ4n) is 1.81. The fourth-order valence-corrected chi connectivity index (χ4v) is 2.86. The van der Waals surface area contributed by atoms with Crippen LogP contribution in [0, 0.1) is 10.1 Å². The summed E-state index contributed by atoms with van der Waals surface area (Å²) in [5, 5.41) is 19.7. The monoisotopic (exact) mass is 303 g/mol. The van der Waals surface area contributed by atoms with Crippen molar-refractivity contribution in [1.82, 2.24) is 0 Å². The van der Waals surface area contributed by atoms with Gasteiger partial charge in [0.2, 0.25) is 0 Å². The fraction of sp³-hybridized carbons (Fsp3) is 0.133. The molecule has 21 heavy (non-hydrogen) atoms. The van der Waals surface area contributed by atoms with Crippen LogP contribution in [0.4, 0.5) is 5.69 Å². The van der Waals surface area contributed by atoms with Crippen LogP contribution in [-0.2, 0) is 0 Å². The summed E-state index contributed by atoms with van der Waals surface area (Å²) in [5.74, 6) is -0.0521. The Bertz CT molecular complexity index is 670. The van der Waals surface area contributed by atoms with Gasteiger partial charge < -0.3 is 5.11 Å². The van der Waals surface area contributed by atoms with Crippen molar-refractivity contribution < 1.29 is 14.8 Å². The number of hydrogen-bond donors (Lipinski definition) is 1. The van der Waals surface area contributed by atoms with E-state index in [1.54, 1.807) is 25.1 Å². The third-order valence-corrected chi connectivity index (χ3v) is 4.05. The second-order valence-electron chi connectivity index (χ2n) is 4.40. The lowest BCUT2D eigenvalue weighted by atomic mass is 10.1. The standard InChI is InChI=1S/C15H13NO4S/c1-10(15(18)11-6-8-12(17)9-7-11)21-14-5-3-2-4-13(14)16(19)20/h2-10,17H,1H3. The van der Waals surface area contributed by atoms with Crippen LogP contribution < -0.4 is 0 Å². The Kier molecular flexibility index (Phi) is 4.59. The number of phenolic OH excluding ortho intramolecular Hbond substituents is 1. The van der Waals surface area contributed by atoms with Gasteiger partial charge in [-0.2, -0.15) is 0 Å². The van der Waals surface area contributed by atoms with Crippen molar-refractivity contribution in [3.05, 3.63) is 64.2 Å². The molecule has 0 fully saturated rings. The Morgan fingerprint density at radius 3 is 2.43 bits per heavy atom. The van der Waals surface area contributed by atoms with Crippen LogP contribution in [0.3, 0.4) is 0 Å². The third-order valence-electron chi connectivity index (χ3n) is 2.89. The molecule has 6 heteroatoms. The quantitative estimate of drug-likeness (QED) is 0.394. The van der Waals surface area contributed by atoms with Crippen molar-refractivity contribution in [1.29, 1.82) is 0 Å². The Morgan fingerprint density at radius 2 is 1.81 bits per heavy atom. The highest BCUT2D eigenvalue weighted by Crippen LogP contribution is 2.33. The highest BCUT2D eigenvalue weighted by atomic mass is 32.2. The zero-order chi connectivity index (χ0) is 15.4. The minimum Gasteiger partial charge on any atom is -0.508 e. The number of carbonyl (C=O) groups is 1. The number of thioether (sulfide) groups is 1. The van der Waals surface area contributed by atoms with Crippen molar-refractivity contribution in [2.24, 2.45) is 0 Å². The van der Waals surface area contributed by atoms with E-state index in [4.69, 9.17) is 0 Å². The zero-order valence-electron chi connectivity index (χ0n) is 11.2. The van der Waals surface area contributed by atoms with Crippen LogP contribution in [0.1, 0.15) is 17.3 Å². The molecular weight excluding hydrogens is 290 g/mol. The molecule has 0 radical (unpaired) electrons. The Balaban J connectivity index is 2.18. The van der Waals surface area contributed by atoms with Crippen LogP contribution in [0.2, 0.25) is 0 Å². The number of nitro groups is 1. The molecule has 2 aromatic carbocycles. The first-order valence-corrected chi connectivity index (χ1v) is 7.10. The number of rotatable bonds is 5. The average Bonchev–Trinajstić information content (AvgIpc) is 2.47. The van der Waals surface area contributed by atoms with Crippen LogP contribution in [0.15, 0.2) is 53.4 Å². The predicted molar refractivity (Wildman–Crippen MR) is 80.9 cm³/mol. The predicted octanol–water partition coefficient (Wildman–Crippen LogP) is 3.66. The minimum atomic E-state index is -0.462. The van der Waals surface area contributed by atoms with Crippen molar-refractivity contribution in [3.8, 4) is 5.75 Å². The number of para-hydroxylation sites is 1. The summed E-state index contributed by atoms with van der Waals surface area (Å²) in [6.07, 6.45) is 0. The molecule has 0 aliphatic carbocycles. The van der Waals surface area contributed by atoms with Crippen molar-refractivity contribution in [2.75, 3.05) is 0 Å². The first kappa shape index (κ1) is 15.1. The number of carbonyl (C=O) groups excluding carboxylic acids is 1. The van der Waals surface area contributed by atoms with E-state index in [1.165, 1.54) is 30.3 Å². The maximum atomic E-state index is 12.3. The summed E-state index contributed by atoms with van der Waals surface area (Å²) in [6.45, 7) is 1.70. The minimum absolute atomic E-state index is 0.00661. The third kappa shape index (κ3) is 3.61. The Labute approximate surface area is 125 Å². The smallest absolute Gasteiger partial charge is 0.282 e. The summed E-state index contributed by atoms with van der Waals surface area (Å²) in [4.78, 5) is 23.2. The second kappa shape index (κ2) is 6.41. The number of phenols is 1. The van der Waals surface area contributed by atoms with E-state index in [-0.39, 0.29) is 17.2 Å². The van der Waals surface area contributed by atoms with E-state index in [1.807, 2.05) is 0 Å². The topological polar surface area (TPSA) is 80.4 Å². The van der Waals surface area contributed by atoms with Gasteiger partial charge in [0.15, 0.2) is 5.78 Å². The number of hydrogen-bond acceptors (Lipinski definition) is 5. The number of aromatic hydroxyl groups is 1. The lowest BCUT2D eigenvalue weighted by Gasteiger charge is -2.10. The van der Waals surface area contributed by atoms with E-state index in [9.17, 15) is 20.0 Å². The Morgan fingerprint density at radius 1 is 1.19 bits per heavy atom. The van der Waals surface area contributed by atoms with Crippen molar-refractivity contribution in [2.45, 2.75) is 17.1 Å². The van der Waals surface area contributed by atoms with Gasteiger partial charge in [0.1, 0.15) is 5.75 Å². The molecule has 0 saturated heterocycles. The molecule has 108 valence electrons. The van der Waals surface area contributed by atoms with Gasteiger partial charge in [-0.15, -0.1) is 11.8 Å². The van der Waals surface area contributed by atoms with Gasteiger partial charge in [0.25, 0.3) is 5.69 Å². The molecule has 5 nitrogen and oxygen atoms in total. The van der Waals surface area contributed by atoms with Crippen LogP contribution in [0.5, 0.6) is 5.75 Å². The first-order valence-electron chi connectivity index (χ1n) is 6.22. The SMILES string of the molecule is CC(Sc1ccccc1[N+](=O)[O-])C(=O)c1ccc(O)cc1. The van der Waals surface area contributed by atoms with Crippen molar-refractivity contribution >= 4 is 23.2 Å². The molecule has 1 N–H and O–H groups in total. The molecule has 0 aromatic heterocycles. The van der Waals surface area contributed by atoms with Crippen LogP contribution in [-0.4, -0.2) is 21.1 Å². The Hall–Kier alpha value is -2.34. The van der Waals surface area contributed by atoms with Crippen LogP contribution in [0.25, 0.3) is 0 Å². The molecule has 1 unspecified atom stereocenters. The van der Waals surface area contributed by atoms with Gasteiger partial charge in [-0.05, 0) is 37.3 Å². The summed E-state index contributed by atoms with van der Waals surface area (Å²) < 4.78 is 0. The largest absolute Gasteiger partial charge is 0.508 e. The number of nitrogens with zero attached hydrogens (tertiary/aromatic N) is 1. The average molecular weight is 303 g/mol. The maximum Gasteiger partial charge on any atom is 0.282 e. The molecule has 2 aromatic rings. The molecule has 0 heterocycles. The molecule has 0 amide bonds. The number of benzene rings is 2. The number of ketones is 1. The maximum absolute atomic E-state index is 12.3.